The molecule has 0 aliphatic heterocycles. The lowest BCUT2D eigenvalue weighted by Crippen LogP contribution is -1.92. The summed E-state index contributed by atoms with van der Waals surface area (Å²) in [5.41, 5.74) is 4.69. The molecule has 1 aromatic carbocycles. The number of hydrogen-bond acceptors (Lipinski definition) is 4. The lowest BCUT2D eigenvalue weighted by molar-refractivity contribution is 1.28. The van der Waals surface area contributed by atoms with E-state index in [-0.39, 0.29) is 0 Å². The van der Waals surface area contributed by atoms with Gasteiger partial charge in [0.1, 0.15) is 5.82 Å². The number of nitrogens with zero attached hydrogens (tertiary/aromatic N) is 2. The van der Waals surface area contributed by atoms with Gasteiger partial charge in [-0.1, -0.05) is 23.8 Å². The first-order valence-corrected chi connectivity index (χ1v) is 7.31. The van der Waals surface area contributed by atoms with Gasteiger partial charge in [0.05, 0.1) is 5.69 Å². The number of hydrogen-bond donors (Lipinski definition) is 1. The van der Waals surface area contributed by atoms with E-state index in [0.717, 1.165) is 16.6 Å². The highest BCUT2D eigenvalue weighted by Crippen LogP contribution is 2.29. The summed E-state index contributed by atoms with van der Waals surface area (Å²) in [4.78, 5) is 8.89. The molecule has 2 heterocycles. The molecule has 0 aliphatic rings. The topological polar surface area (TPSA) is 37.8 Å². The first-order chi connectivity index (χ1) is 9.72. The molecule has 3 nitrogen and oxygen atoms in total. The van der Waals surface area contributed by atoms with Crippen LogP contribution in [0.3, 0.4) is 0 Å². The molecule has 2 aromatic heterocycles. The van der Waals surface area contributed by atoms with Crippen LogP contribution in [0.25, 0.3) is 11.3 Å². The molecular weight excluding hydrogens is 266 g/mol. The van der Waals surface area contributed by atoms with Crippen molar-refractivity contribution >= 4 is 22.3 Å². The van der Waals surface area contributed by atoms with Gasteiger partial charge in [-0.25, -0.2) is 9.97 Å². The summed E-state index contributed by atoms with van der Waals surface area (Å²) in [7, 11) is 0. The van der Waals surface area contributed by atoms with Crippen LogP contribution < -0.4 is 5.32 Å². The molecule has 0 bridgehead atoms. The Labute approximate surface area is 122 Å². The Morgan fingerprint density at radius 1 is 1.10 bits per heavy atom. The summed E-state index contributed by atoms with van der Waals surface area (Å²) in [6.45, 7) is 4.21. The number of rotatable bonds is 3. The van der Waals surface area contributed by atoms with E-state index < -0.39 is 0 Å². The second-order valence-electron chi connectivity index (χ2n) is 4.70. The average molecular weight is 281 g/mol. The number of aromatic nitrogens is 2. The van der Waals surface area contributed by atoms with Crippen molar-refractivity contribution < 1.29 is 0 Å². The van der Waals surface area contributed by atoms with Crippen molar-refractivity contribution in [2.24, 2.45) is 0 Å². The molecule has 0 saturated carbocycles. The van der Waals surface area contributed by atoms with Crippen molar-refractivity contribution in [1.82, 2.24) is 9.97 Å². The standard InChI is InChI=1S/C16H15N3S/c1-11-6-7-12(2)13(9-11)14-10-20-16(18-14)19-15-5-3-4-8-17-15/h3-10H,1-2H3,(H,17,18,19). The largest absolute Gasteiger partial charge is 0.316 e. The molecule has 3 aromatic rings. The van der Waals surface area contributed by atoms with Crippen LogP contribution in [0.15, 0.2) is 48.0 Å². The highest BCUT2D eigenvalue weighted by molar-refractivity contribution is 7.14. The summed E-state index contributed by atoms with van der Waals surface area (Å²) >= 11 is 1.59. The highest BCUT2D eigenvalue weighted by atomic mass is 32.1. The normalized spacial score (nSPS) is 10.5. The van der Waals surface area contributed by atoms with Gasteiger partial charge < -0.3 is 5.32 Å². The minimum atomic E-state index is 0.814. The maximum absolute atomic E-state index is 4.65. The lowest BCUT2D eigenvalue weighted by atomic mass is 10.0. The Bertz CT molecular complexity index is 720. The molecule has 100 valence electrons. The van der Waals surface area contributed by atoms with Gasteiger partial charge in [0.2, 0.25) is 0 Å². The molecule has 0 aliphatic carbocycles. The van der Waals surface area contributed by atoms with Crippen LogP contribution >= 0.6 is 11.3 Å². The van der Waals surface area contributed by atoms with Crippen LogP contribution in [0, 0.1) is 13.8 Å². The second kappa shape index (κ2) is 5.43. The molecule has 0 spiro atoms. The van der Waals surface area contributed by atoms with Crippen LogP contribution in [0.1, 0.15) is 11.1 Å². The van der Waals surface area contributed by atoms with Crippen molar-refractivity contribution in [2.45, 2.75) is 13.8 Å². The Morgan fingerprint density at radius 3 is 2.80 bits per heavy atom. The fourth-order valence-corrected chi connectivity index (χ4v) is 2.73. The Morgan fingerprint density at radius 2 is 2.00 bits per heavy atom. The van der Waals surface area contributed by atoms with E-state index in [0.29, 0.717) is 0 Å². The zero-order valence-electron chi connectivity index (χ0n) is 11.4. The van der Waals surface area contributed by atoms with Crippen molar-refractivity contribution in [1.29, 1.82) is 0 Å². The zero-order chi connectivity index (χ0) is 13.9. The average Bonchev–Trinajstić information content (AvgIpc) is 2.91. The number of aryl methyl sites for hydroxylation is 2. The highest BCUT2D eigenvalue weighted by Gasteiger charge is 2.08. The predicted octanol–water partition coefficient (Wildman–Crippen LogP) is 4.57. The minimum Gasteiger partial charge on any atom is -0.316 e. The maximum atomic E-state index is 4.65. The number of benzene rings is 1. The fraction of sp³-hybridized carbons (Fsp3) is 0.125. The third-order valence-corrected chi connectivity index (χ3v) is 3.83. The SMILES string of the molecule is Cc1ccc(C)c(-c2csc(Nc3ccccn3)n2)c1. The molecule has 0 fully saturated rings. The fourth-order valence-electron chi connectivity index (χ4n) is 2.01. The third kappa shape index (κ3) is 2.70. The van der Waals surface area contributed by atoms with Crippen molar-refractivity contribution in [3.8, 4) is 11.3 Å². The molecule has 0 radical (unpaired) electrons. The molecule has 0 atom stereocenters. The van der Waals surface area contributed by atoms with Crippen LogP contribution in [0.2, 0.25) is 0 Å². The lowest BCUT2D eigenvalue weighted by Gasteiger charge is -2.04. The first kappa shape index (κ1) is 12.8. The molecule has 3 rings (SSSR count). The van der Waals surface area contributed by atoms with Crippen LogP contribution in [0.4, 0.5) is 10.9 Å². The monoisotopic (exact) mass is 281 g/mol. The van der Waals surface area contributed by atoms with Gasteiger partial charge in [-0.2, -0.15) is 0 Å². The van der Waals surface area contributed by atoms with Gasteiger partial charge in [-0.05, 0) is 37.6 Å². The Kier molecular flexibility index (Phi) is 3.48. The van der Waals surface area contributed by atoms with Crippen LogP contribution in [0.5, 0.6) is 0 Å². The van der Waals surface area contributed by atoms with Crippen molar-refractivity contribution in [2.75, 3.05) is 5.32 Å². The first-order valence-electron chi connectivity index (χ1n) is 6.43. The quantitative estimate of drug-likeness (QED) is 0.764. The molecule has 1 N–H and O–H groups in total. The van der Waals surface area contributed by atoms with E-state index in [1.54, 1.807) is 17.5 Å². The van der Waals surface area contributed by atoms with Crippen molar-refractivity contribution in [3.63, 3.8) is 0 Å². The van der Waals surface area contributed by atoms with Gasteiger partial charge in [0, 0.05) is 17.1 Å². The number of pyridine rings is 1. The summed E-state index contributed by atoms with van der Waals surface area (Å²) in [5, 5.41) is 6.16. The summed E-state index contributed by atoms with van der Waals surface area (Å²) in [6.07, 6.45) is 1.77. The molecule has 0 amide bonds. The van der Waals surface area contributed by atoms with Gasteiger partial charge in [0.25, 0.3) is 0 Å². The molecule has 4 heteroatoms. The van der Waals surface area contributed by atoms with E-state index in [9.17, 15) is 0 Å². The maximum Gasteiger partial charge on any atom is 0.188 e. The second-order valence-corrected chi connectivity index (χ2v) is 5.55. The predicted molar refractivity (Wildman–Crippen MR) is 84.5 cm³/mol. The third-order valence-electron chi connectivity index (χ3n) is 3.07. The van der Waals surface area contributed by atoms with E-state index >= 15 is 0 Å². The Balaban J connectivity index is 1.88. The van der Waals surface area contributed by atoms with Gasteiger partial charge >= 0.3 is 0 Å². The van der Waals surface area contributed by atoms with Gasteiger partial charge in [0.15, 0.2) is 5.13 Å². The van der Waals surface area contributed by atoms with E-state index in [4.69, 9.17) is 0 Å². The van der Waals surface area contributed by atoms with Gasteiger partial charge in [-0.3, -0.25) is 0 Å². The van der Waals surface area contributed by atoms with Crippen molar-refractivity contribution in [3.05, 3.63) is 59.1 Å². The van der Waals surface area contributed by atoms with Crippen LogP contribution in [-0.2, 0) is 0 Å². The number of nitrogens with one attached hydrogen (secondary N) is 1. The van der Waals surface area contributed by atoms with Gasteiger partial charge in [-0.15, -0.1) is 11.3 Å². The number of anilines is 2. The Hall–Kier alpha value is -2.20. The number of thiazole rings is 1. The summed E-state index contributed by atoms with van der Waals surface area (Å²) < 4.78 is 0. The molecule has 20 heavy (non-hydrogen) atoms. The summed E-state index contributed by atoms with van der Waals surface area (Å²) in [5.74, 6) is 0.814. The summed E-state index contributed by atoms with van der Waals surface area (Å²) in [6, 6.07) is 12.2. The van der Waals surface area contributed by atoms with E-state index in [2.05, 4.69) is 52.7 Å². The smallest absolute Gasteiger partial charge is 0.188 e. The zero-order valence-corrected chi connectivity index (χ0v) is 12.2. The van der Waals surface area contributed by atoms with E-state index in [1.165, 1.54) is 16.7 Å². The molecule has 0 saturated heterocycles. The molecule has 0 unspecified atom stereocenters. The minimum absolute atomic E-state index is 0.814. The van der Waals surface area contributed by atoms with Crippen LogP contribution in [-0.4, -0.2) is 9.97 Å². The molecular formula is C16H15N3S. The van der Waals surface area contributed by atoms with E-state index in [1.807, 2.05) is 18.2 Å².